The van der Waals surface area contributed by atoms with E-state index in [0.717, 1.165) is 11.3 Å². The molecule has 0 aliphatic carbocycles. The van der Waals surface area contributed by atoms with Crippen LogP contribution >= 0.6 is 0 Å². The Labute approximate surface area is 256 Å². The van der Waals surface area contributed by atoms with Crippen LogP contribution in [0.2, 0.25) is 0 Å². The summed E-state index contributed by atoms with van der Waals surface area (Å²) in [6.45, 7) is 1.13. The molecule has 1 atom stereocenters. The zero-order valence-electron chi connectivity index (χ0n) is 24.1. The minimum absolute atomic E-state index is 0.164. The van der Waals surface area contributed by atoms with Crippen molar-refractivity contribution < 1.29 is 19.4 Å². The lowest BCUT2D eigenvalue weighted by atomic mass is 9.99. The molecular weight excluding hydrogens is 548 g/mol. The summed E-state index contributed by atoms with van der Waals surface area (Å²) in [5.74, 6) is -0.453. The molecule has 44 heavy (non-hydrogen) atoms. The number of hydrogen-bond acceptors (Lipinski definition) is 5. The molecule has 1 aliphatic rings. The fourth-order valence-corrected chi connectivity index (χ4v) is 5.44. The average molecular weight is 581 g/mol. The largest absolute Gasteiger partial charge is 0.492 e. The van der Waals surface area contributed by atoms with Crippen molar-refractivity contribution in [3.63, 3.8) is 0 Å². The van der Waals surface area contributed by atoms with Crippen LogP contribution in [0, 0.1) is 0 Å². The van der Waals surface area contributed by atoms with Gasteiger partial charge < -0.3 is 20.1 Å². The van der Waals surface area contributed by atoms with E-state index in [1.165, 1.54) is 16.7 Å². The van der Waals surface area contributed by atoms with E-state index in [1.807, 2.05) is 36.4 Å². The van der Waals surface area contributed by atoms with Gasteiger partial charge in [-0.15, -0.1) is 0 Å². The van der Waals surface area contributed by atoms with Crippen molar-refractivity contribution in [3.05, 3.63) is 156 Å². The SMILES string of the molecule is O=C(c1ccccc1)c1ccccc1N[C@@H](Cc1ccc(OCCN2C=Cc3ccccc3-c3ccccc32)cc1)C(=O)O. The highest BCUT2D eigenvalue weighted by molar-refractivity contribution is 6.12. The summed E-state index contributed by atoms with van der Waals surface area (Å²) < 4.78 is 6.08. The Kier molecular flexibility index (Phi) is 8.50. The van der Waals surface area contributed by atoms with Crippen LogP contribution in [0.3, 0.4) is 0 Å². The smallest absolute Gasteiger partial charge is 0.326 e. The van der Waals surface area contributed by atoms with Crippen LogP contribution in [-0.4, -0.2) is 36.1 Å². The quantitative estimate of drug-likeness (QED) is 0.157. The summed E-state index contributed by atoms with van der Waals surface area (Å²) in [6.07, 6.45) is 4.47. The number of ether oxygens (including phenoxy) is 1. The first-order chi connectivity index (χ1) is 21.6. The molecule has 0 saturated carbocycles. The zero-order chi connectivity index (χ0) is 30.3. The Hall–Kier alpha value is -5.62. The first-order valence-corrected chi connectivity index (χ1v) is 14.6. The molecule has 5 aromatic rings. The van der Waals surface area contributed by atoms with E-state index in [-0.39, 0.29) is 12.2 Å². The minimum atomic E-state index is -1.000. The van der Waals surface area contributed by atoms with E-state index in [0.29, 0.717) is 35.7 Å². The number of carbonyl (C=O) groups excluding carboxylic acids is 1. The summed E-state index contributed by atoms with van der Waals surface area (Å²) in [7, 11) is 0. The van der Waals surface area contributed by atoms with Gasteiger partial charge in [-0.1, -0.05) is 97.1 Å². The van der Waals surface area contributed by atoms with Crippen LogP contribution in [0.25, 0.3) is 17.2 Å². The number of carbonyl (C=O) groups is 2. The van der Waals surface area contributed by atoms with E-state index in [1.54, 1.807) is 48.5 Å². The van der Waals surface area contributed by atoms with E-state index in [4.69, 9.17) is 4.74 Å². The molecule has 6 nitrogen and oxygen atoms in total. The van der Waals surface area contributed by atoms with E-state index >= 15 is 0 Å². The lowest BCUT2D eigenvalue weighted by Crippen LogP contribution is -2.32. The lowest BCUT2D eigenvalue weighted by molar-refractivity contribution is -0.137. The molecule has 0 amide bonds. The summed E-state index contributed by atoms with van der Waals surface area (Å²) in [5.41, 5.74) is 7.01. The van der Waals surface area contributed by atoms with Gasteiger partial charge >= 0.3 is 5.97 Å². The maximum atomic E-state index is 13.1. The molecule has 0 saturated heterocycles. The molecule has 2 N–H and O–H groups in total. The lowest BCUT2D eigenvalue weighted by Gasteiger charge is -2.22. The third-order valence-corrected chi connectivity index (χ3v) is 7.70. The zero-order valence-corrected chi connectivity index (χ0v) is 24.1. The normalized spacial score (nSPS) is 12.4. The molecule has 218 valence electrons. The van der Waals surface area contributed by atoms with E-state index in [9.17, 15) is 14.7 Å². The van der Waals surface area contributed by atoms with Gasteiger partial charge in [-0.3, -0.25) is 4.79 Å². The number of anilines is 2. The molecule has 6 rings (SSSR count). The molecule has 0 bridgehead atoms. The van der Waals surface area contributed by atoms with E-state index in [2.05, 4.69) is 65.0 Å². The number of benzene rings is 5. The second-order valence-electron chi connectivity index (χ2n) is 10.6. The molecule has 0 aromatic heterocycles. The van der Waals surface area contributed by atoms with Crippen LogP contribution in [0.5, 0.6) is 5.75 Å². The minimum Gasteiger partial charge on any atom is -0.492 e. The second-order valence-corrected chi connectivity index (χ2v) is 10.6. The molecule has 1 heterocycles. The van der Waals surface area contributed by atoms with Crippen molar-refractivity contribution in [3.8, 4) is 16.9 Å². The van der Waals surface area contributed by atoms with Gasteiger partial charge in [0.2, 0.25) is 0 Å². The number of para-hydroxylation sites is 2. The highest BCUT2D eigenvalue weighted by atomic mass is 16.5. The molecule has 0 spiro atoms. The van der Waals surface area contributed by atoms with Crippen molar-refractivity contribution in [2.45, 2.75) is 12.5 Å². The number of carboxylic acids is 1. The van der Waals surface area contributed by atoms with Gasteiger partial charge in [-0.25, -0.2) is 4.79 Å². The van der Waals surface area contributed by atoms with Crippen molar-refractivity contribution >= 4 is 29.2 Å². The summed E-state index contributed by atoms with van der Waals surface area (Å²) in [6, 6.07) is 39.3. The Bertz CT molecular complexity index is 1800. The number of carboxylic acid groups (broad SMARTS) is 1. The number of rotatable bonds is 11. The molecule has 1 aliphatic heterocycles. The third-order valence-electron chi connectivity index (χ3n) is 7.70. The van der Waals surface area contributed by atoms with Crippen LogP contribution < -0.4 is 15.0 Å². The Morgan fingerprint density at radius 2 is 1.43 bits per heavy atom. The Balaban J connectivity index is 1.09. The van der Waals surface area contributed by atoms with Crippen LogP contribution in [0.15, 0.2) is 134 Å². The molecule has 0 unspecified atom stereocenters. The number of ketones is 1. The maximum Gasteiger partial charge on any atom is 0.326 e. The van der Waals surface area contributed by atoms with Gasteiger partial charge in [-0.05, 0) is 53.1 Å². The van der Waals surface area contributed by atoms with Gasteiger partial charge in [0.25, 0.3) is 0 Å². The number of fused-ring (bicyclic) bond motifs is 3. The number of nitrogens with one attached hydrogen (secondary N) is 1. The fourth-order valence-electron chi connectivity index (χ4n) is 5.44. The van der Waals surface area contributed by atoms with Gasteiger partial charge in [-0.2, -0.15) is 0 Å². The predicted molar refractivity (Wildman–Crippen MR) is 175 cm³/mol. The number of hydrogen-bond donors (Lipinski definition) is 2. The van der Waals surface area contributed by atoms with E-state index < -0.39 is 12.0 Å². The Morgan fingerprint density at radius 3 is 2.23 bits per heavy atom. The third kappa shape index (κ3) is 6.40. The number of nitrogens with zero attached hydrogens (tertiary/aromatic N) is 1. The molecular formula is C38H32N2O4. The van der Waals surface area contributed by atoms with Crippen LogP contribution in [0.1, 0.15) is 27.0 Å². The van der Waals surface area contributed by atoms with Crippen molar-refractivity contribution in [2.75, 3.05) is 23.4 Å². The predicted octanol–water partition coefficient (Wildman–Crippen LogP) is 7.56. The standard InChI is InChI=1S/C38H32N2O4/c41-37(29-11-2-1-3-12-29)33-15-6-8-16-34(33)39-35(38(42)43)26-27-18-20-30(21-19-27)44-25-24-40-23-22-28-10-4-5-13-31(28)32-14-7-9-17-36(32)40/h1-23,35,39H,24-26H2,(H,42,43)/t35-/m0/s1. The maximum absolute atomic E-state index is 13.1. The monoisotopic (exact) mass is 580 g/mol. The van der Waals surface area contributed by atoms with Gasteiger partial charge in [0, 0.05) is 40.7 Å². The van der Waals surface area contributed by atoms with Crippen molar-refractivity contribution in [1.29, 1.82) is 0 Å². The second kappa shape index (κ2) is 13.1. The van der Waals surface area contributed by atoms with Crippen LogP contribution in [0.4, 0.5) is 11.4 Å². The first-order valence-electron chi connectivity index (χ1n) is 14.6. The molecule has 5 aromatic carbocycles. The van der Waals surface area contributed by atoms with Crippen molar-refractivity contribution in [1.82, 2.24) is 0 Å². The fraction of sp³-hybridized carbons (Fsp3) is 0.105. The van der Waals surface area contributed by atoms with Gasteiger partial charge in [0.1, 0.15) is 18.4 Å². The van der Waals surface area contributed by atoms with Gasteiger partial charge in [0.05, 0.1) is 6.54 Å². The summed E-state index contributed by atoms with van der Waals surface area (Å²) in [5, 5.41) is 13.1. The highest BCUT2D eigenvalue weighted by Crippen LogP contribution is 2.36. The summed E-state index contributed by atoms with van der Waals surface area (Å²) in [4.78, 5) is 27.5. The van der Waals surface area contributed by atoms with Crippen LogP contribution in [-0.2, 0) is 11.2 Å². The molecule has 0 radical (unpaired) electrons. The topological polar surface area (TPSA) is 78.9 Å². The molecule has 0 fully saturated rings. The average Bonchev–Trinajstić information content (AvgIpc) is 3.22. The first kappa shape index (κ1) is 28.5. The summed E-state index contributed by atoms with van der Waals surface area (Å²) >= 11 is 0. The van der Waals surface area contributed by atoms with Gasteiger partial charge in [0.15, 0.2) is 5.78 Å². The Morgan fingerprint density at radius 1 is 0.750 bits per heavy atom. The highest BCUT2D eigenvalue weighted by Gasteiger charge is 2.21. The number of aliphatic carboxylic acids is 1. The van der Waals surface area contributed by atoms with Crippen molar-refractivity contribution in [2.24, 2.45) is 0 Å². The molecule has 6 heteroatoms.